The van der Waals surface area contributed by atoms with E-state index in [2.05, 4.69) is 17.2 Å². The van der Waals surface area contributed by atoms with Gasteiger partial charge in [0.05, 0.1) is 13.2 Å². The van der Waals surface area contributed by atoms with E-state index in [1.165, 1.54) is 7.11 Å². The number of carbonyl (C=O) groups is 2. The summed E-state index contributed by atoms with van der Waals surface area (Å²) in [6.07, 6.45) is 0. The highest BCUT2D eigenvalue weighted by atomic mass is 35.5. The number of benzene rings is 1. The molecule has 6 heteroatoms. The van der Waals surface area contributed by atoms with Crippen LogP contribution in [0, 0.1) is 5.92 Å². The van der Waals surface area contributed by atoms with Crippen LogP contribution in [0.3, 0.4) is 0 Å². The van der Waals surface area contributed by atoms with E-state index in [-0.39, 0.29) is 0 Å². The maximum absolute atomic E-state index is 11.9. The zero-order chi connectivity index (χ0) is 14.0. The van der Waals surface area contributed by atoms with E-state index >= 15 is 0 Å². The lowest BCUT2D eigenvalue weighted by atomic mass is 9.89. The van der Waals surface area contributed by atoms with Gasteiger partial charge in [-0.25, -0.2) is 4.79 Å². The topological polar surface area (TPSA) is 67.4 Å². The monoisotopic (exact) mass is 280 g/mol. The van der Waals surface area contributed by atoms with Gasteiger partial charge in [0.25, 0.3) is 0 Å². The first-order valence-corrected chi connectivity index (χ1v) is 6.01. The Balaban J connectivity index is 2.44. The number of esters is 1. The number of hydrogen-bond acceptors (Lipinski definition) is 3. The van der Waals surface area contributed by atoms with Gasteiger partial charge in [0.1, 0.15) is 5.92 Å². The summed E-state index contributed by atoms with van der Waals surface area (Å²) in [4.78, 5) is 23.4. The summed E-state index contributed by atoms with van der Waals surface area (Å²) in [5.74, 6) is -1.20. The van der Waals surface area contributed by atoms with Gasteiger partial charge in [-0.3, -0.25) is 4.79 Å². The Kier molecular flexibility index (Phi) is 3.76. The van der Waals surface area contributed by atoms with E-state index in [0.29, 0.717) is 16.3 Å². The summed E-state index contributed by atoms with van der Waals surface area (Å²) in [5.41, 5.74) is 0.941. The van der Waals surface area contributed by atoms with Gasteiger partial charge in [0.2, 0.25) is 0 Å². The Morgan fingerprint density at radius 3 is 2.74 bits per heavy atom. The molecular weight excluding hydrogens is 268 g/mol. The first kappa shape index (κ1) is 13.4. The first-order chi connectivity index (χ1) is 9.04. The standard InChI is InChI=1S/C13H13ClN2O3/c1-7-10(12(17)19-2)11(16-13(18)15-7)8-5-3-4-6-9(8)14/h3-6,10-11H,1H2,2H3,(H2,15,16,18). The zero-order valence-corrected chi connectivity index (χ0v) is 11.0. The highest BCUT2D eigenvalue weighted by Gasteiger charge is 2.39. The molecule has 5 nitrogen and oxygen atoms in total. The van der Waals surface area contributed by atoms with Gasteiger partial charge in [0, 0.05) is 10.7 Å². The fourth-order valence-electron chi connectivity index (χ4n) is 2.08. The minimum absolute atomic E-state index is 0.292. The number of methoxy groups -OCH3 is 1. The van der Waals surface area contributed by atoms with Gasteiger partial charge in [-0.1, -0.05) is 36.4 Å². The van der Waals surface area contributed by atoms with E-state index < -0.39 is 24.0 Å². The van der Waals surface area contributed by atoms with Gasteiger partial charge < -0.3 is 15.4 Å². The van der Waals surface area contributed by atoms with E-state index in [1.807, 2.05) is 0 Å². The maximum Gasteiger partial charge on any atom is 0.319 e. The van der Waals surface area contributed by atoms with Gasteiger partial charge in [-0.15, -0.1) is 0 Å². The third kappa shape index (κ3) is 2.56. The van der Waals surface area contributed by atoms with Gasteiger partial charge in [0.15, 0.2) is 0 Å². The Bertz CT molecular complexity index is 544. The molecule has 0 spiro atoms. The number of ether oxygens (including phenoxy) is 1. The molecule has 0 saturated carbocycles. The molecule has 2 N–H and O–H groups in total. The molecule has 2 amide bonds. The summed E-state index contributed by atoms with van der Waals surface area (Å²) in [6.45, 7) is 3.70. The molecule has 1 saturated heterocycles. The summed E-state index contributed by atoms with van der Waals surface area (Å²) in [7, 11) is 1.29. The van der Waals surface area contributed by atoms with Crippen LogP contribution >= 0.6 is 11.6 Å². The van der Waals surface area contributed by atoms with E-state index in [4.69, 9.17) is 16.3 Å². The molecular formula is C13H13ClN2O3. The molecule has 1 aliphatic rings. The van der Waals surface area contributed by atoms with Crippen LogP contribution < -0.4 is 10.6 Å². The minimum atomic E-state index is -0.720. The van der Waals surface area contributed by atoms with E-state index in [0.717, 1.165) is 0 Å². The predicted octanol–water partition coefficient (Wildman–Crippen LogP) is 2.00. The van der Waals surface area contributed by atoms with Crippen molar-refractivity contribution in [2.45, 2.75) is 6.04 Å². The third-order valence-corrected chi connectivity index (χ3v) is 3.31. The number of halogens is 1. The van der Waals surface area contributed by atoms with Crippen molar-refractivity contribution in [3.8, 4) is 0 Å². The van der Waals surface area contributed by atoms with Crippen molar-refractivity contribution in [1.29, 1.82) is 0 Å². The van der Waals surface area contributed by atoms with Gasteiger partial charge in [-0.2, -0.15) is 0 Å². The number of nitrogens with one attached hydrogen (secondary N) is 2. The largest absolute Gasteiger partial charge is 0.468 e. The molecule has 0 aliphatic carbocycles. The number of urea groups is 1. The SMILES string of the molecule is C=C1NC(=O)NC(c2ccccc2Cl)C1C(=O)OC. The van der Waals surface area contributed by atoms with Crippen molar-refractivity contribution in [1.82, 2.24) is 10.6 Å². The van der Waals surface area contributed by atoms with Crippen LogP contribution in [-0.4, -0.2) is 19.1 Å². The lowest BCUT2D eigenvalue weighted by Crippen LogP contribution is -2.51. The molecule has 1 heterocycles. The maximum atomic E-state index is 11.9. The lowest BCUT2D eigenvalue weighted by Gasteiger charge is -2.33. The Morgan fingerprint density at radius 2 is 2.11 bits per heavy atom. The normalized spacial score (nSPS) is 22.4. The van der Waals surface area contributed by atoms with Crippen LogP contribution in [0.2, 0.25) is 5.02 Å². The molecule has 1 fully saturated rings. The van der Waals surface area contributed by atoms with Gasteiger partial charge >= 0.3 is 12.0 Å². The Morgan fingerprint density at radius 1 is 1.42 bits per heavy atom. The average Bonchev–Trinajstić information content (AvgIpc) is 2.37. The van der Waals surface area contributed by atoms with Gasteiger partial charge in [-0.05, 0) is 11.6 Å². The number of carbonyl (C=O) groups excluding carboxylic acids is 2. The van der Waals surface area contributed by atoms with Crippen LogP contribution in [0.4, 0.5) is 4.79 Å². The highest BCUT2D eigenvalue weighted by Crippen LogP contribution is 2.33. The van der Waals surface area contributed by atoms with Crippen LogP contribution in [0.15, 0.2) is 36.5 Å². The Labute approximate surface area is 115 Å². The second-order valence-electron chi connectivity index (χ2n) is 4.12. The smallest absolute Gasteiger partial charge is 0.319 e. The number of amides is 2. The van der Waals surface area contributed by atoms with Crippen molar-refractivity contribution < 1.29 is 14.3 Å². The van der Waals surface area contributed by atoms with Crippen molar-refractivity contribution in [2.75, 3.05) is 7.11 Å². The fourth-order valence-corrected chi connectivity index (χ4v) is 2.33. The average molecular weight is 281 g/mol. The van der Waals surface area contributed by atoms with E-state index in [9.17, 15) is 9.59 Å². The zero-order valence-electron chi connectivity index (χ0n) is 10.3. The lowest BCUT2D eigenvalue weighted by molar-refractivity contribution is -0.145. The van der Waals surface area contributed by atoms with Crippen LogP contribution in [-0.2, 0) is 9.53 Å². The van der Waals surface area contributed by atoms with Crippen molar-refractivity contribution in [3.05, 3.63) is 47.1 Å². The van der Waals surface area contributed by atoms with Crippen LogP contribution in [0.25, 0.3) is 0 Å². The molecule has 2 atom stereocenters. The molecule has 0 bridgehead atoms. The molecule has 2 unspecified atom stereocenters. The highest BCUT2D eigenvalue weighted by molar-refractivity contribution is 6.31. The molecule has 19 heavy (non-hydrogen) atoms. The molecule has 100 valence electrons. The fraction of sp³-hybridized carbons (Fsp3) is 0.231. The summed E-state index contributed by atoms with van der Waals surface area (Å²) in [5, 5.41) is 5.62. The van der Waals surface area contributed by atoms with Crippen molar-refractivity contribution >= 4 is 23.6 Å². The molecule has 0 aromatic heterocycles. The minimum Gasteiger partial charge on any atom is -0.468 e. The van der Waals surface area contributed by atoms with Crippen molar-refractivity contribution in [3.63, 3.8) is 0 Å². The summed E-state index contributed by atoms with van der Waals surface area (Å²) < 4.78 is 4.75. The summed E-state index contributed by atoms with van der Waals surface area (Å²) in [6, 6.07) is 5.99. The first-order valence-electron chi connectivity index (χ1n) is 5.63. The third-order valence-electron chi connectivity index (χ3n) is 2.96. The molecule has 1 aliphatic heterocycles. The van der Waals surface area contributed by atoms with Crippen LogP contribution in [0.1, 0.15) is 11.6 Å². The van der Waals surface area contributed by atoms with Crippen molar-refractivity contribution in [2.24, 2.45) is 5.92 Å². The second kappa shape index (κ2) is 5.32. The molecule has 1 aromatic carbocycles. The quantitative estimate of drug-likeness (QED) is 0.814. The molecule has 0 radical (unpaired) electrons. The number of rotatable bonds is 2. The second-order valence-corrected chi connectivity index (χ2v) is 4.53. The van der Waals surface area contributed by atoms with Crippen LogP contribution in [0.5, 0.6) is 0 Å². The summed E-state index contributed by atoms with van der Waals surface area (Å²) >= 11 is 6.11. The Hall–Kier alpha value is -2.01. The predicted molar refractivity (Wildman–Crippen MR) is 70.5 cm³/mol. The van der Waals surface area contributed by atoms with E-state index in [1.54, 1.807) is 24.3 Å². The molecule has 2 rings (SSSR count). The molecule has 1 aromatic rings. The number of hydrogen-bond donors (Lipinski definition) is 2.